The maximum Gasteiger partial charge on any atom is 0.118 e. The van der Waals surface area contributed by atoms with Crippen LogP contribution in [-0.2, 0) is 6.54 Å². The highest BCUT2D eigenvalue weighted by Gasteiger charge is 2.38. The fourth-order valence-electron chi connectivity index (χ4n) is 2.31. The summed E-state index contributed by atoms with van der Waals surface area (Å²) >= 11 is 0. The Morgan fingerprint density at radius 3 is 2.06 bits per heavy atom. The van der Waals surface area contributed by atoms with Gasteiger partial charge >= 0.3 is 0 Å². The Hall–Kier alpha value is -1.02. The van der Waals surface area contributed by atoms with E-state index in [0.29, 0.717) is 0 Å². The van der Waals surface area contributed by atoms with Crippen molar-refractivity contribution in [1.82, 2.24) is 4.90 Å². The zero-order valence-corrected chi connectivity index (χ0v) is 9.86. The Bertz CT molecular complexity index is 340. The Balaban J connectivity index is 1.66. The van der Waals surface area contributed by atoms with E-state index in [0.717, 1.165) is 24.4 Å². The Morgan fingerprint density at radius 2 is 1.62 bits per heavy atom. The van der Waals surface area contributed by atoms with Gasteiger partial charge in [-0.05, 0) is 43.4 Å². The van der Waals surface area contributed by atoms with E-state index >= 15 is 0 Å². The topological polar surface area (TPSA) is 12.5 Å². The van der Waals surface area contributed by atoms with Crippen LogP contribution in [0.5, 0.6) is 5.75 Å². The van der Waals surface area contributed by atoms with E-state index in [9.17, 15) is 0 Å². The van der Waals surface area contributed by atoms with Gasteiger partial charge in [0.25, 0.3) is 0 Å². The molecule has 2 aliphatic carbocycles. The van der Waals surface area contributed by atoms with Gasteiger partial charge in [0.2, 0.25) is 0 Å². The minimum absolute atomic E-state index is 0.884. The van der Waals surface area contributed by atoms with Crippen molar-refractivity contribution in [1.29, 1.82) is 0 Å². The van der Waals surface area contributed by atoms with Gasteiger partial charge in [-0.25, -0.2) is 0 Å². The summed E-state index contributed by atoms with van der Waals surface area (Å²) in [5.41, 5.74) is 1.42. The van der Waals surface area contributed by atoms with Crippen molar-refractivity contribution < 1.29 is 4.74 Å². The molecule has 0 amide bonds. The highest BCUT2D eigenvalue weighted by Crippen LogP contribution is 2.38. The molecule has 0 N–H and O–H groups in total. The first-order valence-electron chi connectivity index (χ1n) is 6.25. The summed E-state index contributed by atoms with van der Waals surface area (Å²) in [6.07, 6.45) is 5.64. The van der Waals surface area contributed by atoms with Crippen LogP contribution < -0.4 is 4.74 Å². The van der Waals surface area contributed by atoms with Crippen LogP contribution in [0.4, 0.5) is 0 Å². The second-order valence-corrected chi connectivity index (χ2v) is 4.98. The largest absolute Gasteiger partial charge is 0.497 e. The molecule has 0 spiro atoms. The molecule has 2 aliphatic rings. The highest BCUT2D eigenvalue weighted by atomic mass is 16.5. The Morgan fingerprint density at radius 1 is 1.06 bits per heavy atom. The molecule has 0 atom stereocenters. The smallest absolute Gasteiger partial charge is 0.118 e. The molecule has 0 aromatic heterocycles. The molecule has 0 radical (unpaired) electrons. The molecule has 0 saturated heterocycles. The predicted molar refractivity (Wildman–Crippen MR) is 64.6 cm³/mol. The van der Waals surface area contributed by atoms with Gasteiger partial charge in [-0.2, -0.15) is 0 Å². The molecule has 16 heavy (non-hydrogen) atoms. The van der Waals surface area contributed by atoms with Crippen LogP contribution >= 0.6 is 0 Å². The summed E-state index contributed by atoms with van der Waals surface area (Å²) in [5, 5.41) is 0. The quantitative estimate of drug-likeness (QED) is 0.752. The lowest BCUT2D eigenvalue weighted by Gasteiger charge is -2.21. The standard InChI is InChI=1S/C14H19NO/c1-16-14-8-2-11(3-9-14)10-15(12-4-5-12)13-6-7-13/h2-3,8-9,12-13H,4-7,10H2,1H3. The van der Waals surface area contributed by atoms with Crippen LogP contribution in [0, 0.1) is 0 Å². The SMILES string of the molecule is COc1ccc(CN(C2CC2)C2CC2)cc1. The summed E-state index contributed by atoms with van der Waals surface area (Å²) in [5.74, 6) is 0.952. The third-order valence-corrected chi connectivity index (χ3v) is 3.56. The van der Waals surface area contributed by atoms with Crippen LogP contribution in [0.25, 0.3) is 0 Å². The number of ether oxygens (including phenoxy) is 1. The molecule has 0 bridgehead atoms. The second-order valence-electron chi connectivity index (χ2n) is 4.98. The molecule has 1 aromatic carbocycles. The minimum Gasteiger partial charge on any atom is -0.497 e. The molecule has 0 aliphatic heterocycles. The molecule has 0 unspecified atom stereocenters. The minimum atomic E-state index is 0.884. The van der Waals surface area contributed by atoms with Crippen molar-refractivity contribution >= 4 is 0 Å². The highest BCUT2D eigenvalue weighted by molar-refractivity contribution is 5.27. The summed E-state index contributed by atoms with van der Waals surface area (Å²) in [6, 6.07) is 10.3. The van der Waals surface area contributed by atoms with E-state index in [1.807, 2.05) is 0 Å². The summed E-state index contributed by atoms with van der Waals surface area (Å²) in [7, 11) is 1.72. The molecule has 0 heterocycles. The molecular weight excluding hydrogens is 198 g/mol. The monoisotopic (exact) mass is 217 g/mol. The predicted octanol–water partition coefficient (Wildman–Crippen LogP) is 2.82. The average molecular weight is 217 g/mol. The van der Waals surface area contributed by atoms with E-state index < -0.39 is 0 Å². The first-order valence-corrected chi connectivity index (χ1v) is 6.25. The van der Waals surface area contributed by atoms with Crippen LogP contribution in [0.2, 0.25) is 0 Å². The van der Waals surface area contributed by atoms with Crippen LogP contribution in [0.1, 0.15) is 31.2 Å². The maximum absolute atomic E-state index is 5.18. The van der Waals surface area contributed by atoms with E-state index in [-0.39, 0.29) is 0 Å². The normalized spacial score (nSPS) is 20.1. The molecule has 3 rings (SSSR count). The van der Waals surface area contributed by atoms with Gasteiger partial charge in [0.15, 0.2) is 0 Å². The van der Waals surface area contributed by atoms with Gasteiger partial charge in [-0.3, -0.25) is 4.90 Å². The number of hydrogen-bond acceptors (Lipinski definition) is 2. The van der Waals surface area contributed by atoms with Gasteiger partial charge < -0.3 is 4.74 Å². The van der Waals surface area contributed by atoms with E-state index in [1.54, 1.807) is 7.11 Å². The van der Waals surface area contributed by atoms with Gasteiger partial charge in [-0.15, -0.1) is 0 Å². The summed E-state index contributed by atoms with van der Waals surface area (Å²) in [4.78, 5) is 2.70. The van der Waals surface area contributed by atoms with Crippen LogP contribution in [0.3, 0.4) is 0 Å². The number of hydrogen-bond donors (Lipinski definition) is 0. The lowest BCUT2D eigenvalue weighted by molar-refractivity contribution is 0.244. The third kappa shape index (κ3) is 2.22. The van der Waals surface area contributed by atoms with Crippen molar-refractivity contribution in [3.8, 4) is 5.75 Å². The third-order valence-electron chi connectivity index (χ3n) is 3.56. The number of benzene rings is 1. The van der Waals surface area contributed by atoms with E-state index in [4.69, 9.17) is 4.74 Å². The average Bonchev–Trinajstić information content (AvgIpc) is 3.19. The van der Waals surface area contributed by atoms with E-state index in [1.165, 1.54) is 31.2 Å². The number of methoxy groups -OCH3 is 1. The zero-order chi connectivity index (χ0) is 11.0. The van der Waals surface area contributed by atoms with Crippen LogP contribution in [-0.4, -0.2) is 24.1 Å². The van der Waals surface area contributed by atoms with Crippen LogP contribution in [0.15, 0.2) is 24.3 Å². The fourth-order valence-corrected chi connectivity index (χ4v) is 2.31. The molecule has 2 heteroatoms. The van der Waals surface area contributed by atoms with Gasteiger partial charge in [0.05, 0.1) is 7.11 Å². The number of nitrogens with zero attached hydrogens (tertiary/aromatic N) is 1. The molecule has 2 nitrogen and oxygen atoms in total. The molecular formula is C14H19NO. The molecule has 1 aromatic rings. The molecule has 2 fully saturated rings. The number of rotatable bonds is 5. The van der Waals surface area contributed by atoms with Crippen molar-refractivity contribution in [3.63, 3.8) is 0 Å². The van der Waals surface area contributed by atoms with Gasteiger partial charge in [0, 0.05) is 18.6 Å². The second kappa shape index (κ2) is 4.10. The maximum atomic E-state index is 5.18. The lowest BCUT2D eigenvalue weighted by Crippen LogP contribution is -2.27. The van der Waals surface area contributed by atoms with Crippen molar-refractivity contribution in [2.75, 3.05) is 7.11 Å². The Labute approximate surface area is 97.2 Å². The Kier molecular flexibility index (Phi) is 2.60. The van der Waals surface area contributed by atoms with Gasteiger partial charge in [-0.1, -0.05) is 12.1 Å². The first kappa shape index (κ1) is 10.2. The van der Waals surface area contributed by atoms with Gasteiger partial charge in [0.1, 0.15) is 5.75 Å². The first-order chi connectivity index (χ1) is 7.86. The van der Waals surface area contributed by atoms with Crippen molar-refractivity contribution in [2.24, 2.45) is 0 Å². The summed E-state index contributed by atoms with van der Waals surface area (Å²) < 4.78 is 5.18. The van der Waals surface area contributed by atoms with Crippen molar-refractivity contribution in [2.45, 2.75) is 44.3 Å². The zero-order valence-electron chi connectivity index (χ0n) is 9.86. The van der Waals surface area contributed by atoms with Crippen molar-refractivity contribution in [3.05, 3.63) is 29.8 Å². The molecule has 2 saturated carbocycles. The van der Waals surface area contributed by atoms with E-state index in [2.05, 4.69) is 29.2 Å². The lowest BCUT2D eigenvalue weighted by atomic mass is 10.2. The molecule has 86 valence electrons. The summed E-state index contributed by atoms with van der Waals surface area (Å²) in [6.45, 7) is 1.12. The fraction of sp³-hybridized carbons (Fsp3) is 0.571.